The summed E-state index contributed by atoms with van der Waals surface area (Å²) in [6.45, 7) is 8.65. The second kappa shape index (κ2) is 18.8. The Balaban J connectivity index is -0.000000104. The summed E-state index contributed by atoms with van der Waals surface area (Å²) >= 11 is 0.312. The Hall–Kier alpha value is 0.706. The van der Waals surface area contributed by atoms with Crippen LogP contribution in [0.3, 0.4) is 0 Å². The maximum atomic E-state index is 2.28. The first-order valence-electron chi connectivity index (χ1n) is 6.67. The molecule has 0 fully saturated rings. The molecule has 0 atom stereocenters. The van der Waals surface area contributed by atoms with Crippen molar-refractivity contribution in [2.24, 2.45) is 0 Å². The minimum absolute atomic E-state index is 0. The van der Waals surface area contributed by atoms with E-state index in [0.29, 0.717) is 21.3 Å². The molecule has 2 aromatic carbocycles. The van der Waals surface area contributed by atoms with Gasteiger partial charge in [-0.25, -0.2) is 18.2 Å². The SMILES string of the molecule is CC(C)c1cc[cH-]c1.Cc1ccc[c-]1C.[CH3][GeH][CH3].[Cl-].[Cl-].[Zr+4]. The molecule has 0 amide bonds. The van der Waals surface area contributed by atoms with E-state index in [-0.39, 0.29) is 51.0 Å². The molecule has 0 N–H and O–H groups in total. The van der Waals surface area contributed by atoms with Gasteiger partial charge in [-0.3, -0.25) is 0 Å². The van der Waals surface area contributed by atoms with Crippen LogP contribution in [0.25, 0.3) is 0 Å². The van der Waals surface area contributed by atoms with Crippen LogP contribution in [0.1, 0.15) is 36.5 Å². The smallest absolute Gasteiger partial charge is 1.00 e. The first-order chi connectivity index (χ1) is 8.52. The fraction of sp³-hybridized carbons (Fsp3) is 0.412. The third-order valence-electron chi connectivity index (χ3n) is 2.67. The van der Waals surface area contributed by atoms with Crippen LogP contribution in [0, 0.1) is 13.8 Å². The first-order valence-corrected chi connectivity index (χ1v) is 11.5. The van der Waals surface area contributed by atoms with Crippen LogP contribution in [0.15, 0.2) is 42.5 Å². The van der Waals surface area contributed by atoms with Crippen LogP contribution < -0.4 is 24.8 Å². The van der Waals surface area contributed by atoms with Crippen molar-refractivity contribution < 1.29 is 51.0 Å². The molecular formula is C17H27Cl2GeZr. The summed E-state index contributed by atoms with van der Waals surface area (Å²) in [5.74, 6) is 5.25. The maximum Gasteiger partial charge on any atom is 4.00 e. The molecule has 0 heterocycles. The van der Waals surface area contributed by atoms with E-state index in [2.05, 4.69) is 81.7 Å². The molecule has 0 aliphatic heterocycles. The minimum Gasteiger partial charge on any atom is -1.00 e. The van der Waals surface area contributed by atoms with Gasteiger partial charge >= 0.3 is 53.1 Å². The van der Waals surface area contributed by atoms with Crippen LogP contribution >= 0.6 is 0 Å². The summed E-state index contributed by atoms with van der Waals surface area (Å²) in [6, 6.07) is 14.8. The van der Waals surface area contributed by atoms with Gasteiger partial charge < -0.3 is 24.8 Å². The van der Waals surface area contributed by atoms with Crippen LogP contribution in [0.2, 0.25) is 11.5 Å². The topological polar surface area (TPSA) is 0 Å². The van der Waals surface area contributed by atoms with E-state index < -0.39 is 0 Å². The molecule has 0 nitrogen and oxygen atoms in total. The molecule has 117 valence electrons. The molecular weight excluding hydrogens is 439 g/mol. The van der Waals surface area contributed by atoms with Gasteiger partial charge in [0.15, 0.2) is 0 Å². The first kappa shape index (κ1) is 29.7. The molecule has 1 radical (unpaired) electrons. The van der Waals surface area contributed by atoms with Gasteiger partial charge in [-0.15, -0.1) is 0 Å². The average molecular weight is 466 g/mol. The quantitative estimate of drug-likeness (QED) is 0.377. The maximum absolute atomic E-state index is 2.28. The molecule has 0 bridgehead atoms. The third-order valence-corrected chi connectivity index (χ3v) is 2.67. The van der Waals surface area contributed by atoms with E-state index in [4.69, 9.17) is 0 Å². The van der Waals surface area contributed by atoms with Gasteiger partial charge in [0, 0.05) is 0 Å². The molecule has 0 spiro atoms. The van der Waals surface area contributed by atoms with E-state index in [9.17, 15) is 0 Å². The number of halogens is 2. The Kier molecular flexibility index (Phi) is 26.5. The van der Waals surface area contributed by atoms with Crippen LogP contribution in [-0.2, 0) is 26.2 Å². The van der Waals surface area contributed by atoms with Crippen molar-refractivity contribution in [2.75, 3.05) is 0 Å². The van der Waals surface area contributed by atoms with Crippen LogP contribution in [0.5, 0.6) is 0 Å². The van der Waals surface area contributed by atoms with Crippen molar-refractivity contribution in [3.05, 3.63) is 59.2 Å². The Morgan fingerprint density at radius 3 is 1.81 bits per heavy atom. The summed E-state index contributed by atoms with van der Waals surface area (Å²) < 4.78 is 0. The van der Waals surface area contributed by atoms with Gasteiger partial charge in [0.05, 0.1) is 0 Å². The molecule has 4 heteroatoms. The van der Waals surface area contributed by atoms with Gasteiger partial charge in [-0.05, 0) is 0 Å². The molecule has 0 aromatic heterocycles. The molecule has 0 saturated heterocycles. The zero-order chi connectivity index (χ0) is 14.0. The van der Waals surface area contributed by atoms with Crippen molar-refractivity contribution in [3.63, 3.8) is 0 Å². The van der Waals surface area contributed by atoms with E-state index in [1.54, 1.807) is 0 Å². The Morgan fingerprint density at radius 2 is 1.67 bits per heavy atom. The third kappa shape index (κ3) is 15.4. The number of rotatable bonds is 1. The fourth-order valence-electron chi connectivity index (χ4n) is 1.37. The van der Waals surface area contributed by atoms with Crippen molar-refractivity contribution in [3.8, 4) is 0 Å². The Labute approximate surface area is 169 Å². The normalized spacial score (nSPS) is 7.95. The Bertz CT molecular complexity index is 378. The summed E-state index contributed by atoms with van der Waals surface area (Å²) in [5, 5.41) is 0. The predicted octanol–water partition coefficient (Wildman–Crippen LogP) is -0.924. The van der Waals surface area contributed by atoms with Gasteiger partial charge in [-0.2, -0.15) is 41.0 Å². The number of hydrogen-bond acceptors (Lipinski definition) is 0. The molecule has 0 aliphatic rings. The summed E-state index contributed by atoms with van der Waals surface area (Å²) in [7, 11) is 0. The largest absolute Gasteiger partial charge is 4.00 e. The van der Waals surface area contributed by atoms with E-state index in [0.717, 1.165) is 0 Å². The zero-order valence-corrected chi connectivity index (χ0v) is 20.3. The van der Waals surface area contributed by atoms with Crippen molar-refractivity contribution in [2.45, 2.75) is 45.1 Å². The average Bonchev–Trinajstić information content (AvgIpc) is 2.94. The number of hydrogen-bond donors (Lipinski definition) is 0. The molecule has 0 saturated carbocycles. The van der Waals surface area contributed by atoms with Crippen LogP contribution in [-0.4, -0.2) is 15.4 Å². The summed E-state index contributed by atoms with van der Waals surface area (Å²) in [5.41, 5.74) is 4.21. The second-order valence-electron chi connectivity index (χ2n) is 4.84. The van der Waals surface area contributed by atoms with E-state index >= 15 is 0 Å². The molecule has 2 rings (SSSR count). The minimum atomic E-state index is 0. The standard InChI is InChI=1S/C8H11.C7H9.C2H7Ge.2ClH.Zr/c1-7(2)8-5-3-4-6-8;1-6-4-3-5-7(6)2;1-3-2;;;/h3-7H,1-2H3;3-5H,1-2H3;3H,1-2H3;2*1H;/q2*-1;;;;+4/p-2. The van der Waals surface area contributed by atoms with Crippen molar-refractivity contribution in [1.82, 2.24) is 0 Å². The fourth-order valence-corrected chi connectivity index (χ4v) is 1.37. The van der Waals surface area contributed by atoms with Gasteiger partial charge in [0.1, 0.15) is 0 Å². The number of aryl methyl sites for hydroxylation is 2. The molecule has 21 heavy (non-hydrogen) atoms. The van der Waals surface area contributed by atoms with E-state index in [1.165, 1.54) is 16.7 Å². The molecule has 0 aliphatic carbocycles. The van der Waals surface area contributed by atoms with Crippen molar-refractivity contribution in [1.29, 1.82) is 0 Å². The Morgan fingerprint density at radius 1 is 1.14 bits per heavy atom. The van der Waals surface area contributed by atoms with Gasteiger partial charge in [0.25, 0.3) is 0 Å². The summed E-state index contributed by atoms with van der Waals surface area (Å²) in [6.07, 6.45) is 0. The van der Waals surface area contributed by atoms with E-state index in [1.807, 2.05) is 0 Å². The van der Waals surface area contributed by atoms with Crippen molar-refractivity contribution >= 4 is 15.4 Å². The monoisotopic (exact) mass is 465 g/mol. The zero-order valence-electron chi connectivity index (χ0n) is 14.0. The predicted molar refractivity (Wildman–Crippen MR) is 86.5 cm³/mol. The summed E-state index contributed by atoms with van der Waals surface area (Å²) in [4.78, 5) is 0. The van der Waals surface area contributed by atoms with Crippen LogP contribution in [0.4, 0.5) is 0 Å². The van der Waals surface area contributed by atoms with Gasteiger partial charge in [0.2, 0.25) is 0 Å². The second-order valence-corrected chi connectivity index (χ2v) is 7.26. The van der Waals surface area contributed by atoms with Gasteiger partial charge in [-0.1, -0.05) is 33.6 Å². The molecule has 0 unspecified atom stereocenters. The molecule has 2 aromatic rings.